The molecule has 63 heavy (non-hydrogen) atoms. The van der Waals surface area contributed by atoms with Gasteiger partial charge in [0.2, 0.25) is 0 Å². The second-order valence-electron chi connectivity index (χ2n) is 15.8. The average molecular weight is 804 g/mol. The Morgan fingerprint density at radius 2 is 0.873 bits per heavy atom. The third-order valence-corrected chi connectivity index (χ3v) is 12.0. The van der Waals surface area contributed by atoms with Crippen LogP contribution in [-0.2, 0) is 0 Å². The molecule has 3 heterocycles. The first-order valence-corrected chi connectivity index (χ1v) is 21.2. The van der Waals surface area contributed by atoms with Gasteiger partial charge < -0.3 is 0 Å². The third kappa shape index (κ3) is 6.34. The van der Waals surface area contributed by atoms with Crippen LogP contribution >= 0.6 is 0 Å². The summed E-state index contributed by atoms with van der Waals surface area (Å²) in [5.41, 5.74) is 13.6. The van der Waals surface area contributed by atoms with Crippen LogP contribution in [0.25, 0.3) is 117 Å². The van der Waals surface area contributed by atoms with Gasteiger partial charge in [-0.15, -0.1) is 0 Å². The molecular formula is C58H37N5. The maximum absolute atomic E-state index is 5.49. The predicted molar refractivity (Wildman–Crippen MR) is 260 cm³/mol. The molecule has 294 valence electrons. The molecule has 12 rings (SSSR count). The van der Waals surface area contributed by atoms with Gasteiger partial charge in [-0.2, -0.15) is 0 Å². The van der Waals surface area contributed by atoms with Crippen LogP contribution in [-0.4, -0.2) is 24.5 Å². The Balaban J connectivity index is 1.09. The normalized spacial score (nSPS) is 11.5. The highest BCUT2D eigenvalue weighted by Crippen LogP contribution is 2.43. The summed E-state index contributed by atoms with van der Waals surface area (Å²) in [6.45, 7) is 0. The summed E-state index contributed by atoms with van der Waals surface area (Å²) in [5, 5.41) is 5.55. The molecule has 0 bridgehead atoms. The average Bonchev–Trinajstić information content (AvgIpc) is 3.77. The summed E-state index contributed by atoms with van der Waals surface area (Å²) in [6, 6.07) is 78.3. The van der Waals surface area contributed by atoms with Crippen molar-refractivity contribution in [2.45, 2.75) is 0 Å². The van der Waals surface area contributed by atoms with Gasteiger partial charge in [-0.3, -0.25) is 4.57 Å². The summed E-state index contributed by atoms with van der Waals surface area (Å²) in [5.74, 6) is 1.56. The van der Waals surface area contributed by atoms with Crippen LogP contribution < -0.4 is 0 Å². The van der Waals surface area contributed by atoms with E-state index >= 15 is 0 Å². The van der Waals surface area contributed by atoms with Gasteiger partial charge in [0.15, 0.2) is 5.82 Å². The van der Waals surface area contributed by atoms with Crippen molar-refractivity contribution in [3.63, 3.8) is 0 Å². The molecule has 3 aromatic heterocycles. The Morgan fingerprint density at radius 3 is 1.56 bits per heavy atom. The Labute approximate surface area is 364 Å². The lowest BCUT2D eigenvalue weighted by Gasteiger charge is -2.18. The number of hydrogen-bond donors (Lipinski definition) is 0. The van der Waals surface area contributed by atoms with E-state index in [1.165, 1.54) is 5.39 Å². The van der Waals surface area contributed by atoms with Crippen LogP contribution in [0, 0.1) is 0 Å². The van der Waals surface area contributed by atoms with E-state index in [2.05, 4.69) is 211 Å². The van der Waals surface area contributed by atoms with Gasteiger partial charge in [-0.25, -0.2) is 19.9 Å². The number of para-hydroxylation sites is 2. The maximum atomic E-state index is 5.49. The maximum Gasteiger partial charge on any atom is 0.160 e. The fraction of sp³-hybridized carbons (Fsp3) is 0. The summed E-state index contributed by atoms with van der Waals surface area (Å²) >= 11 is 0. The van der Waals surface area contributed by atoms with E-state index < -0.39 is 0 Å². The molecule has 0 unspecified atom stereocenters. The molecule has 0 atom stereocenters. The van der Waals surface area contributed by atoms with Gasteiger partial charge in [-0.1, -0.05) is 194 Å². The molecular weight excluding hydrogens is 767 g/mol. The topological polar surface area (TPSA) is 56.5 Å². The van der Waals surface area contributed by atoms with E-state index in [0.29, 0.717) is 5.82 Å². The largest absolute Gasteiger partial charge is 0.292 e. The highest BCUT2D eigenvalue weighted by molar-refractivity contribution is 6.20. The molecule has 0 aliphatic heterocycles. The van der Waals surface area contributed by atoms with E-state index in [4.69, 9.17) is 19.9 Å². The lowest BCUT2D eigenvalue weighted by atomic mass is 9.92. The number of imidazole rings is 1. The Bertz CT molecular complexity index is 3580. The number of aromatic nitrogens is 5. The van der Waals surface area contributed by atoms with Crippen molar-refractivity contribution >= 4 is 43.5 Å². The van der Waals surface area contributed by atoms with Crippen LogP contribution in [0.4, 0.5) is 0 Å². The molecule has 0 saturated carbocycles. The molecule has 5 heteroatoms. The minimum atomic E-state index is 0.680. The van der Waals surface area contributed by atoms with Crippen LogP contribution in [0.2, 0.25) is 0 Å². The Kier molecular flexibility index (Phi) is 8.75. The number of nitrogens with zero attached hydrogens (tertiary/aromatic N) is 5. The molecule has 0 saturated heterocycles. The molecule has 0 aliphatic rings. The molecule has 9 aromatic carbocycles. The standard InChI is InChI=1S/C58H37N5/c1-5-18-40(19-6-1)53-51(54(41-20-7-2-8-21-41)61-57(60-53)45-34-29-38-17-13-14-24-44(38)37-45)39-30-32-42(33-31-39)55-52-48(47-27-15-16-28-49(47)59-55)35-36-50-56(52)62-58(43-22-9-3-10-23-43)63(50)46-25-11-4-12-26-46/h1-37H. The molecule has 12 aromatic rings. The zero-order valence-corrected chi connectivity index (χ0v) is 34.1. The molecule has 5 nitrogen and oxygen atoms in total. The zero-order valence-electron chi connectivity index (χ0n) is 34.1. The lowest BCUT2D eigenvalue weighted by Crippen LogP contribution is -2.01. The fourth-order valence-corrected chi connectivity index (χ4v) is 9.01. The van der Waals surface area contributed by atoms with Crippen LogP contribution in [0.1, 0.15) is 0 Å². The summed E-state index contributed by atoms with van der Waals surface area (Å²) in [4.78, 5) is 21.7. The van der Waals surface area contributed by atoms with Gasteiger partial charge in [0.25, 0.3) is 0 Å². The first-order valence-electron chi connectivity index (χ1n) is 21.2. The van der Waals surface area contributed by atoms with Crippen molar-refractivity contribution < 1.29 is 0 Å². The Morgan fingerprint density at radius 1 is 0.333 bits per heavy atom. The van der Waals surface area contributed by atoms with Gasteiger partial charge in [-0.05, 0) is 52.1 Å². The quantitative estimate of drug-likeness (QED) is 0.151. The van der Waals surface area contributed by atoms with E-state index in [9.17, 15) is 0 Å². The minimum absolute atomic E-state index is 0.680. The predicted octanol–water partition coefficient (Wildman–Crippen LogP) is 14.7. The molecule has 0 spiro atoms. The van der Waals surface area contributed by atoms with Crippen molar-refractivity contribution in [3.8, 4) is 73.4 Å². The van der Waals surface area contributed by atoms with E-state index in [1.54, 1.807) is 0 Å². The number of benzene rings is 9. The number of fused-ring (bicyclic) bond motifs is 6. The van der Waals surface area contributed by atoms with Crippen molar-refractivity contribution in [1.29, 1.82) is 0 Å². The van der Waals surface area contributed by atoms with Crippen LogP contribution in [0.3, 0.4) is 0 Å². The third-order valence-electron chi connectivity index (χ3n) is 12.0. The van der Waals surface area contributed by atoms with Crippen LogP contribution in [0.5, 0.6) is 0 Å². The van der Waals surface area contributed by atoms with Crippen molar-refractivity contribution in [2.24, 2.45) is 0 Å². The van der Waals surface area contributed by atoms with Gasteiger partial charge in [0, 0.05) is 49.8 Å². The first kappa shape index (κ1) is 36.3. The highest BCUT2D eigenvalue weighted by atomic mass is 15.1. The number of rotatable bonds is 7. The van der Waals surface area contributed by atoms with Crippen molar-refractivity contribution in [1.82, 2.24) is 24.5 Å². The van der Waals surface area contributed by atoms with Gasteiger partial charge >= 0.3 is 0 Å². The fourth-order valence-electron chi connectivity index (χ4n) is 9.01. The van der Waals surface area contributed by atoms with Gasteiger partial charge in [0.1, 0.15) is 5.82 Å². The van der Waals surface area contributed by atoms with Gasteiger partial charge in [0.05, 0.1) is 33.6 Å². The summed E-state index contributed by atoms with van der Waals surface area (Å²) in [7, 11) is 0. The molecule has 0 fully saturated rings. The van der Waals surface area contributed by atoms with E-state index in [-0.39, 0.29) is 0 Å². The van der Waals surface area contributed by atoms with Crippen molar-refractivity contribution in [2.75, 3.05) is 0 Å². The summed E-state index contributed by atoms with van der Waals surface area (Å²) < 4.78 is 2.27. The van der Waals surface area contributed by atoms with E-state index in [1.807, 2.05) is 18.2 Å². The molecule has 0 radical (unpaired) electrons. The highest BCUT2D eigenvalue weighted by Gasteiger charge is 2.23. The second kappa shape index (κ2) is 15.2. The second-order valence-corrected chi connectivity index (χ2v) is 15.8. The zero-order chi connectivity index (χ0) is 41.7. The molecule has 0 amide bonds. The van der Waals surface area contributed by atoms with Crippen molar-refractivity contribution in [3.05, 3.63) is 224 Å². The molecule has 0 N–H and O–H groups in total. The minimum Gasteiger partial charge on any atom is -0.292 e. The SMILES string of the molecule is c1ccc(-c2nc(-c3ccc4ccccc4c3)nc(-c3ccccc3)c2-c2ccc(-c3nc4ccccc4c4ccc5c(nc(-c6ccccc6)n5-c5ccccc5)c34)cc2)cc1. The van der Waals surface area contributed by atoms with Crippen LogP contribution in [0.15, 0.2) is 224 Å². The summed E-state index contributed by atoms with van der Waals surface area (Å²) in [6.07, 6.45) is 0. The Hall–Kier alpha value is -8.54. The monoisotopic (exact) mass is 803 g/mol. The van der Waals surface area contributed by atoms with E-state index in [0.717, 1.165) is 106 Å². The number of hydrogen-bond acceptors (Lipinski definition) is 4. The molecule has 0 aliphatic carbocycles. The lowest BCUT2D eigenvalue weighted by molar-refractivity contribution is 1.10. The smallest absolute Gasteiger partial charge is 0.160 e. The number of pyridine rings is 1. The first-order chi connectivity index (χ1) is 31.2.